The third-order valence-electron chi connectivity index (χ3n) is 11.9. The van der Waals surface area contributed by atoms with E-state index in [9.17, 15) is 19.0 Å². The van der Waals surface area contributed by atoms with Crippen LogP contribution in [0.3, 0.4) is 0 Å². The molecule has 0 rings (SSSR count). The third-order valence-corrected chi connectivity index (χ3v) is 12.8. The van der Waals surface area contributed by atoms with Crippen molar-refractivity contribution in [2.75, 3.05) is 47.5 Å². The molecule has 0 aliphatic carbocycles. The lowest BCUT2D eigenvalue weighted by molar-refractivity contribution is -0.870. The molecule has 430 valence electrons. The Kier molecular flexibility index (Phi) is 52.6. The minimum Gasteiger partial charge on any atom is -0.756 e. The van der Waals surface area contributed by atoms with Gasteiger partial charge >= 0.3 is 11.9 Å². The van der Waals surface area contributed by atoms with Crippen molar-refractivity contribution in [3.05, 3.63) is 146 Å². The lowest BCUT2D eigenvalue weighted by atomic mass is 10.0. The molecular weight excluding hydrogens is 966 g/mol. The van der Waals surface area contributed by atoms with E-state index in [0.717, 1.165) is 116 Å². The predicted octanol–water partition coefficient (Wildman–Crippen LogP) is 18.1. The number of carbonyl (C=O) groups excluding carboxylic acids is 2. The number of ether oxygens (including phenoxy) is 2. The summed E-state index contributed by atoms with van der Waals surface area (Å²) in [6, 6.07) is 0. The topological polar surface area (TPSA) is 111 Å². The molecule has 0 bridgehead atoms. The molecule has 0 N–H and O–H groups in total. The van der Waals surface area contributed by atoms with Crippen LogP contribution in [0.1, 0.15) is 206 Å². The highest BCUT2D eigenvalue weighted by Crippen LogP contribution is 2.38. The normalized spacial score (nSPS) is 14.3. The number of esters is 2. The number of phosphoric acid groups is 1. The number of hydrogen-bond donors (Lipinski definition) is 0. The van der Waals surface area contributed by atoms with E-state index in [0.29, 0.717) is 23.9 Å². The summed E-state index contributed by atoms with van der Waals surface area (Å²) in [4.78, 5) is 37.8. The summed E-state index contributed by atoms with van der Waals surface area (Å²) in [5.41, 5.74) is 0. The Balaban J connectivity index is 4.13. The summed E-state index contributed by atoms with van der Waals surface area (Å²) in [5, 5.41) is 0. The van der Waals surface area contributed by atoms with Gasteiger partial charge in [-0.2, -0.15) is 0 Å². The molecule has 9 nitrogen and oxygen atoms in total. The predicted molar refractivity (Wildman–Crippen MR) is 323 cm³/mol. The highest BCUT2D eigenvalue weighted by atomic mass is 31.2. The Labute approximate surface area is 465 Å². The lowest BCUT2D eigenvalue weighted by Gasteiger charge is -2.28. The van der Waals surface area contributed by atoms with Crippen LogP contribution in [-0.2, 0) is 32.7 Å². The maximum atomic E-state index is 12.8. The Bertz CT molecular complexity index is 1790. The zero-order chi connectivity index (χ0) is 55.6. The van der Waals surface area contributed by atoms with E-state index < -0.39 is 32.5 Å². The second-order valence-electron chi connectivity index (χ2n) is 20.2. The first-order chi connectivity index (χ1) is 37.0. The summed E-state index contributed by atoms with van der Waals surface area (Å²) in [6.07, 6.45) is 82.0. The van der Waals surface area contributed by atoms with Gasteiger partial charge in [0.05, 0.1) is 27.7 Å². The van der Waals surface area contributed by atoms with E-state index >= 15 is 0 Å². The Morgan fingerprint density at radius 3 is 1.08 bits per heavy atom. The van der Waals surface area contributed by atoms with Crippen LogP contribution in [0.5, 0.6) is 0 Å². The summed E-state index contributed by atoms with van der Waals surface area (Å²) in [7, 11) is 1.12. The van der Waals surface area contributed by atoms with Crippen LogP contribution in [0.4, 0.5) is 0 Å². The van der Waals surface area contributed by atoms with Crippen LogP contribution in [0.25, 0.3) is 0 Å². The van der Waals surface area contributed by atoms with Gasteiger partial charge in [-0.25, -0.2) is 0 Å². The highest BCUT2D eigenvalue weighted by Gasteiger charge is 2.21. The van der Waals surface area contributed by atoms with Gasteiger partial charge in [0.2, 0.25) is 0 Å². The fourth-order valence-corrected chi connectivity index (χ4v) is 8.10. The molecule has 0 amide bonds. The number of carbonyl (C=O) groups is 2. The van der Waals surface area contributed by atoms with Gasteiger partial charge in [0.15, 0.2) is 6.10 Å². The molecule has 0 aliphatic rings. The summed E-state index contributed by atoms with van der Waals surface area (Å²) in [6.45, 7) is 3.93. The van der Waals surface area contributed by atoms with Crippen molar-refractivity contribution < 1.29 is 42.1 Å². The molecule has 0 radical (unpaired) electrons. The number of quaternary nitrogens is 1. The Morgan fingerprint density at radius 2 is 0.711 bits per heavy atom. The largest absolute Gasteiger partial charge is 0.756 e. The van der Waals surface area contributed by atoms with Crippen molar-refractivity contribution in [3.63, 3.8) is 0 Å². The molecule has 0 saturated carbocycles. The van der Waals surface area contributed by atoms with Gasteiger partial charge in [-0.05, 0) is 116 Å². The molecule has 0 aromatic heterocycles. The number of nitrogens with zero attached hydrogens (tertiary/aromatic N) is 1. The van der Waals surface area contributed by atoms with Crippen LogP contribution in [-0.4, -0.2) is 70.0 Å². The fraction of sp³-hybridized carbons (Fsp3) is 0.606. The summed E-state index contributed by atoms with van der Waals surface area (Å²) in [5.74, 6) is -0.895. The van der Waals surface area contributed by atoms with E-state index in [1.807, 2.05) is 21.1 Å². The maximum Gasteiger partial charge on any atom is 0.306 e. The zero-order valence-corrected chi connectivity index (χ0v) is 49.5. The zero-order valence-electron chi connectivity index (χ0n) is 48.6. The molecular formula is C66H108NO8P. The van der Waals surface area contributed by atoms with E-state index in [-0.39, 0.29) is 26.1 Å². The minimum atomic E-state index is -4.65. The summed E-state index contributed by atoms with van der Waals surface area (Å²) >= 11 is 0. The molecule has 0 heterocycles. The second kappa shape index (κ2) is 55.6. The van der Waals surface area contributed by atoms with E-state index in [1.165, 1.54) is 51.4 Å². The number of allylic oxidation sites excluding steroid dienone is 24. The minimum absolute atomic E-state index is 0.0452. The monoisotopic (exact) mass is 1070 g/mol. The second-order valence-corrected chi connectivity index (χ2v) is 21.7. The van der Waals surface area contributed by atoms with Crippen molar-refractivity contribution in [2.24, 2.45) is 0 Å². The standard InChI is InChI=1S/C66H108NO8P/c1-6-8-10-12-14-16-18-20-22-23-24-25-26-27-28-29-30-31-32-33-34-35-36-37-38-39-40-41-42-43-45-47-49-51-53-55-57-59-66(69)75-64(63-74-76(70,71)73-61-60-67(3,4)5)62-72-65(68)58-56-54-52-50-48-46-44-21-19-17-15-13-11-9-7-2/h8-11,14-17,20-22,24-25,27-28,30-31,33-34,36-37,44,48,50,64H,6-7,12-13,18-19,23,26,29,32,35,38-43,45-47,49,51-63H2,1-5H3/b10-8-,11-9-,16-14-,17-15-,22-20-,25-24-,28-27-,31-30-,34-33-,37-36-,44-21-,50-48-. The van der Waals surface area contributed by atoms with Crippen LogP contribution in [0, 0.1) is 0 Å². The number of likely N-dealkylation sites (N-methyl/N-ethyl adjacent to an activating group) is 1. The van der Waals surface area contributed by atoms with Gasteiger partial charge in [0.1, 0.15) is 19.8 Å². The van der Waals surface area contributed by atoms with Crippen molar-refractivity contribution in [1.82, 2.24) is 0 Å². The molecule has 0 fully saturated rings. The fourth-order valence-electron chi connectivity index (χ4n) is 7.37. The number of phosphoric ester groups is 1. The highest BCUT2D eigenvalue weighted by molar-refractivity contribution is 7.45. The van der Waals surface area contributed by atoms with Gasteiger partial charge in [-0.3, -0.25) is 14.2 Å². The Hall–Kier alpha value is -4.11. The number of hydrogen-bond acceptors (Lipinski definition) is 8. The van der Waals surface area contributed by atoms with Crippen molar-refractivity contribution >= 4 is 19.8 Å². The summed E-state index contributed by atoms with van der Waals surface area (Å²) < 4.78 is 34.1. The molecule has 0 aliphatic heterocycles. The molecule has 0 aromatic carbocycles. The van der Waals surface area contributed by atoms with Crippen LogP contribution in [0.2, 0.25) is 0 Å². The average molecular weight is 1070 g/mol. The molecule has 2 atom stereocenters. The van der Waals surface area contributed by atoms with Crippen LogP contribution < -0.4 is 4.89 Å². The first kappa shape index (κ1) is 71.9. The number of rotatable bonds is 52. The molecule has 76 heavy (non-hydrogen) atoms. The smallest absolute Gasteiger partial charge is 0.306 e. The van der Waals surface area contributed by atoms with Crippen LogP contribution in [0.15, 0.2) is 146 Å². The third kappa shape index (κ3) is 59.1. The average Bonchev–Trinajstić information content (AvgIpc) is 3.38. The van der Waals surface area contributed by atoms with Crippen LogP contribution >= 0.6 is 7.82 Å². The molecule has 0 aromatic rings. The maximum absolute atomic E-state index is 12.8. The van der Waals surface area contributed by atoms with Crippen molar-refractivity contribution in [1.29, 1.82) is 0 Å². The Morgan fingerprint density at radius 1 is 0.408 bits per heavy atom. The van der Waals surface area contributed by atoms with Gasteiger partial charge in [-0.15, -0.1) is 0 Å². The van der Waals surface area contributed by atoms with E-state index in [4.69, 9.17) is 18.5 Å². The molecule has 10 heteroatoms. The van der Waals surface area contributed by atoms with E-state index in [1.54, 1.807) is 0 Å². The first-order valence-corrected chi connectivity index (χ1v) is 31.0. The first-order valence-electron chi connectivity index (χ1n) is 29.5. The SMILES string of the molecule is CC/C=C\C/C=C\C/C=C\C/C=C\C/C=C\C/C=C\C/C=C\C/C=C\CCCCCCCCCCCCCCC(=O)OC(COC(=O)CCCC/C=C\C/C=C\C/C=C\C/C=C\CC)COP(=O)([O-])OCC[N+](C)(C)C. The molecule has 0 saturated heterocycles. The quantitative estimate of drug-likeness (QED) is 0.0195. The van der Waals surface area contributed by atoms with Crippen molar-refractivity contribution in [3.8, 4) is 0 Å². The number of unbranched alkanes of at least 4 members (excludes halogenated alkanes) is 14. The lowest BCUT2D eigenvalue weighted by Crippen LogP contribution is -2.37. The van der Waals surface area contributed by atoms with E-state index in [2.05, 4.69) is 160 Å². The van der Waals surface area contributed by atoms with Gasteiger partial charge in [0, 0.05) is 12.8 Å². The van der Waals surface area contributed by atoms with Gasteiger partial charge < -0.3 is 27.9 Å². The molecule has 2 unspecified atom stereocenters. The van der Waals surface area contributed by atoms with Gasteiger partial charge in [-0.1, -0.05) is 224 Å². The molecule has 0 spiro atoms. The van der Waals surface area contributed by atoms with Gasteiger partial charge in [0.25, 0.3) is 7.82 Å². The van der Waals surface area contributed by atoms with Crippen molar-refractivity contribution in [2.45, 2.75) is 213 Å².